The number of hydrogen-bond acceptors (Lipinski definition) is 3. The van der Waals surface area contributed by atoms with Gasteiger partial charge in [-0.3, -0.25) is 9.59 Å². The molecule has 0 bridgehead atoms. The Morgan fingerprint density at radius 3 is 2.24 bits per heavy atom. The number of nitrogens with zero attached hydrogens (tertiary/aromatic N) is 2. The number of ketones is 1. The van der Waals surface area contributed by atoms with Gasteiger partial charge in [-0.15, -0.1) is 0 Å². The lowest BCUT2D eigenvalue weighted by Gasteiger charge is -2.07. The second-order valence-electron chi connectivity index (χ2n) is 6.81. The fourth-order valence-corrected chi connectivity index (χ4v) is 3.27. The van der Waals surface area contributed by atoms with Gasteiger partial charge in [-0.2, -0.15) is 0 Å². The van der Waals surface area contributed by atoms with Gasteiger partial charge in [0.2, 0.25) is 0 Å². The predicted molar refractivity (Wildman–Crippen MR) is 113 cm³/mol. The largest absolute Gasteiger partial charge is 0.352 e. The number of aromatic nitrogens is 2. The number of imidazole rings is 1. The number of nitrogens with one attached hydrogen (secondary N) is 1. The molecule has 0 aliphatic heterocycles. The summed E-state index contributed by atoms with van der Waals surface area (Å²) in [5.41, 5.74) is 3.82. The highest BCUT2D eigenvalue weighted by atomic mass is 16.1. The van der Waals surface area contributed by atoms with Crippen LogP contribution in [0.3, 0.4) is 0 Å². The summed E-state index contributed by atoms with van der Waals surface area (Å²) in [5.74, 6) is -0.190. The third-order valence-corrected chi connectivity index (χ3v) is 4.83. The predicted octanol–water partition coefficient (Wildman–Crippen LogP) is 4.09. The summed E-state index contributed by atoms with van der Waals surface area (Å²) in [6.07, 6.45) is 2.63. The summed E-state index contributed by atoms with van der Waals surface area (Å²) in [6.45, 7) is 1.35. The number of aryl methyl sites for hydroxylation is 1. The van der Waals surface area contributed by atoms with Gasteiger partial charge in [0.1, 0.15) is 0 Å². The number of carbonyl (C=O) groups is 2. The van der Waals surface area contributed by atoms with E-state index in [1.165, 1.54) is 0 Å². The van der Waals surface area contributed by atoms with Gasteiger partial charge >= 0.3 is 0 Å². The summed E-state index contributed by atoms with van der Waals surface area (Å²) in [7, 11) is 0. The molecule has 0 radical (unpaired) electrons. The van der Waals surface area contributed by atoms with E-state index >= 15 is 0 Å². The molecule has 0 atom stereocenters. The van der Waals surface area contributed by atoms with Gasteiger partial charge in [-0.1, -0.05) is 54.6 Å². The van der Waals surface area contributed by atoms with Gasteiger partial charge in [0.05, 0.1) is 17.4 Å². The maximum atomic E-state index is 12.4. The molecule has 4 rings (SSSR count). The normalized spacial score (nSPS) is 10.8. The standard InChI is InChI=1S/C24H21N3O2/c28-23(18-7-2-1-3-8-18)19-11-13-20(14-12-19)24(29)25-15-6-16-27-17-26-21-9-4-5-10-22(21)27/h1-5,7-14,17H,6,15-16H2,(H,25,29). The Morgan fingerprint density at radius 1 is 0.793 bits per heavy atom. The molecule has 5 heteroatoms. The molecular weight excluding hydrogens is 362 g/mol. The molecule has 1 N–H and O–H groups in total. The van der Waals surface area contributed by atoms with Gasteiger partial charge in [-0.05, 0) is 30.7 Å². The van der Waals surface area contributed by atoms with Crippen molar-refractivity contribution in [3.05, 3.63) is 102 Å². The van der Waals surface area contributed by atoms with E-state index < -0.39 is 0 Å². The van der Waals surface area contributed by atoms with Crippen molar-refractivity contribution in [2.75, 3.05) is 6.54 Å². The molecule has 1 heterocycles. The Labute approximate surface area is 169 Å². The number of fused-ring (bicyclic) bond motifs is 1. The van der Waals surface area contributed by atoms with Crippen molar-refractivity contribution in [2.45, 2.75) is 13.0 Å². The van der Waals surface area contributed by atoms with Gasteiger partial charge < -0.3 is 9.88 Å². The van der Waals surface area contributed by atoms with Crippen LogP contribution in [0.2, 0.25) is 0 Å². The molecule has 0 unspecified atom stereocenters. The average molecular weight is 383 g/mol. The zero-order valence-corrected chi connectivity index (χ0v) is 15.9. The summed E-state index contributed by atoms with van der Waals surface area (Å²) < 4.78 is 2.09. The molecule has 0 aliphatic rings. The quantitative estimate of drug-likeness (QED) is 0.386. The van der Waals surface area contributed by atoms with Gasteiger partial charge in [0.25, 0.3) is 5.91 Å². The van der Waals surface area contributed by atoms with Crippen molar-refractivity contribution >= 4 is 22.7 Å². The van der Waals surface area contributed by atoms with Crippen LogP contribution in [0.15, 0.2) is 85.2 Å². The van der Waals surface area contributed by atoms with Gasteiger partial charge in [0, 0.05) is 29.8 Å². The number of carbonyl (C=O) groups excluding carboxylic acids is 2. The molecule has 0 spiro atoms. The fraction of sp³-hybridized carbons (Fsp3) is 0.125. The second kappa shape index (κ2) is 8.52. The van der Waals surface area contributed by atoms with Crippen molar-refractivity contribution in [1.82, 2.24) is 14.9 Å². The highest BCUT2D eigenvalue weighted by Gasteiger charge is 2.10. The highest BCUT2D eigenvalue weighted by molar-refractivity contribution is 6.09. The van der Waals surface area contributed by atoms with E-state index in [1.807, 2.05) is 48.8 Å². The monoisotopic (exact) mass is 383 g/mol. The molecule has 1 aromatic heterocycles. The summed E-state index contributed by atoms with van der Waals surface area (Å²) >= 11 is 0. The minimum Gasteiger partial charge on any atom is -0.352 e. The first-order valence-electron chi connectivity index (χ1n) is 9.60. The maximum Gasteiger partial charge on any atom is 0.251 e. The van der Waals surface area contributed by atoms with Crippen LogP contribution >= 0.6 is 0 Å². The van der Waals surface area contributed by atoms with Crippen molar-refractivity contribution in [3.63, 3.8) is 0 Å². The molecule has 29 heavy (non-hydrogen) atoms. The molecule has 4 aromatic rings. The van der Waals surface area contributed by atoms with Crippen molar-refractivity contribution in [1.29, 1.82) is 0 Å². The molecule has 0 saturated heterocycles. The maximum absolute atomic E-state index is 12.4. The number of benzene rings is 3. The zero-order valence-electron chi connectivity index (χ0n) is 15.9. The van der Waals surface area contributed by atoms with Crippen LogP contribution in [-0.4, -0.2) is 27.8 Å². The van der Waals surface area contributed by atoms with Crippen LogP contribution in [0.1, 0.15) is 32.7 Å². The number of rotatable bonds is 7. The first kappa shape index (κ1) is 18.6. The molecule has 3 aromatic carbocycles. The van der Waals surface area contributed by atoms with Crippen LogP contribution in [0.25, 0.3) is 11.0 Å². The van der Waals surface area contributed by atoms with Gasteiger partial charge in [-0.25, -0.2) is 4.98 Å². The molecule has 0 aliphatic carbocycles. The average Bonchev–Trinajstić information content (AvgIpc) is 3.20. The molecule has 144 valence electrons. The third kappa shape index (κ3) is 4.24. The second-order valence-corrected chi connectivity index (χ2v) is 6.81. The lowest BCUT2D eigenvalue weighted by molar-refractivity contribution is 0.0951. The third-order valence-electron chi connectivity index (χ3n) is 4.83. The van der Waals surface area contributed by atoms with Crippen molar-refractivity contribution in [2.24, 2.45) is 0 Å². The highest BCUT2D eigenvalue weighted by Crippen LogP contribution is 2.13. The summed E-state index contributed by atoms with van der Waals surface area (Å²) in [5, 5.41) is 2.93. The van der Waals surface area contributed by atoms with Crippen LogP contribution in [0.4, 0.5) is 0 Å². The lowest BCUT2D eigenvalue weighted by Crippen LogP contribution is -2.25. The van der Waals surface area contributed by atoms with E-state index in [9.17, 15) is 9.59 Å². The van der Waals surface area contributed by atoms with E-state index in [2.05, 4.69) is 14.9 Å². The molecule has 1 amide bonds. The fourth-order valence-electron chi connectivity index (χ4n) is 3.27. The topological polar surface area (TPSA) is 64.0 Å². The van der Waals surface area contributed by atoms with Crippen molar-refractivity contribution in [3.8, 4) is 0 Å². The minimum atomic E-state index is -0.140. The van der Waals surface area contributed by atoms with E-state index in [-0.39, 0.29) is 11.7 Å². The van der Waals surface area contributed by atoms with Gasteiger partial charge in [0.15, 0.2) is 5.78 Å². The Balaban J connectivity index is 1.30. The van der Waals surface area contributed by atoms with E-state index in [0.29, 0.717) is 23.2 Å². The number of hydrogen-bond donors (Lipinski definition) is 1. The van der Waals surface area contributed by atoms with E-state index in [4.69, 9.17) is 0 Å². The number of amides is 1. The Kier molecular flexibility index (Phi) is 5.47. The zero-order chi connectivity index (χ0) is 20.1. The number of para-hydroxylation sites is 2. The first-order chi connectivity index (χ1) is 14.2. The van der Waals surface area contributed by atoms with Crippen LogP contribution < -0.4 is 5.32 Å². The molecule has 0 saturated carbocycles. The Hall–Kier alpha value is -3.73. The molecule has 5 nitrogen and oxygen atoms in total. The Bertz CT molecular complexity index is 1130. The molecule has 0 fully saturated rings. The smallest absolute Gasteiger partial charge is 0.251 e. The summed E-state index contributed by atoms with van der Waals surface area (Å²) in [6, 6.07) is 23.9. The van der Waals surface area contributed by atoms with Crippen molar-refractivity contribution < 1.29 is 9.59 Å². The minimum absolute atomic E-state index is 0.0508. The lowest BCUT2D eigenvalue weighted by atomic mass is 10.0. The Morgan fingerprint density at radius 2 is 1.45 bits per heavy atom. The van der Waals surface area contributed by atoms with Crippen LogP contribution in [0.5, 0.6) is 0 Å². The summed E-state index contributed by atoms with van der Waals surface area (Å²) in [4.78, 5) is 29.2. The van der Waals surface area contributed by atoms with E-state index in [1.54, 1.807) is 36.4 Å². The van der Waals surface area contributed by atoms with Crippen LogP contribution in [0, 0.1) is 0 Å². The molecular formula is C24H21N3O2. The SMILES string of the molecule is O=C(NCCCn1cnc2ccccc21)c1ccc(C(=O)c2ccccc2)cc1. The van der Waals surface area contributed by atoms with Crippen LogP contribution in [-0.2, 0) is 6.54 Å². The first-order valence-corrected chi connectivity index (χ1v) is 9.60. The van der Waals surface area contributed by atoms with E-state index in [0.717, 1.165) is 24.0 Å².